The zero-order valence-electron chi connectivity index (χ0n) is 10.0. The third-order valence-electron chi connectivity index (χ3n) is 3.01. The van der Waals surface area contributed by atoms with Gasteiger partial charge in [-0.1, -0.05) is 0 Å². The molecule has 0 aromatic heterocycles. The van der Waals surface area contributed by atoms with Gasteiger partial charge in [-0.25, -0.2) is 0 Å². The van der Waals surface area contributed by atoms with Crippen molar-refractivity contribution >= 4 is 17.3 Å². The monoisotopic (exact) mass is 251 g/mol. The second kappa shape index (κ2) is 5.24. The molecular formula is C12H17N3O3. The maximum atomic E-state index is 11.2. The molecule has 0 saturated carbocycles. The maximum Gasteiger partial charge on any atom is 0.250 e. The van der Waals surface area contributed by atoms with E-state index < -0.39 is 5.91 Å². The van der Waals surface area contributed by atoms with Crippen molar-refractivity contribution in [2.24, 2.45) is 5.73 Å². The lowest BCUT2D eigenvalue weighted by Crippen LogP contribution is -2.44. The highest BCUT2D eigenvalue weighted by Gasteiger charge is 2.20. The van der Waals surface area contributed by atoms with Gasteiger partial charge in [0.05, 0.1) is 24.9 Å². The number of aliphatic hydroxyl groups excluding tert-OH is 1. The van der Waals surface area contributed by atoms with Gasteiger partial charge >= 0.3 is 0 Å². The van der Waals surface area contributed by atoms with E-state index in [4.69, 9.17) is 21.3 Å². The molecule has 1 aromatic carbocycles. The van der Waals surface area contributed by atoms with Crippen LogP contribution in [0.1, 0.15) is 10.4 Å². The van der Waals surface area contributed by atoms with Gasteiger partial charge in [-0.2, -0.15) is 0 Å². The number of carbonyl (C=O) groups is 1. The van der Waals surface area contributed by atoms with Gasteiger partial charge in [0.15, 0.2) is 0 Å². The molecule has 1 aromatic rings. The van der Waals surface area contributed by atoms with Crippen LogP contribution in [0.15, 0.2) is 18.2 Å². The first-order chi connectivity index (χ1) is 8.61. The zero-order chi connectivity index (χ0) is 13.1. The number of benzene rings is 1. The highest BCUT2D eigenvalue weighted by Crippen LogP contribution is 2.22. The fraction of sp³-hybridized carbons (Fsp3) is 0.417. The van der Waals surface area contributed by atoms with Crippen molar-refractivity contribution in [3.8, 4) is 0 Å². The van der Waals surface area contributed by atoms with Crippen LogP contribution in [-0.4, -0.2) is 43.4 Å². The summed E-state index contributed by atoms with van der Waals surface area (Å²) in [4.78, 5) is 13.3. The molecule has 6 heteroatoms. The lowest BCUT2D eigenvalue weighted by atomic mass is 10.1. The average Bonchev–Trinajstić information content (AvgIpc) is 2.39. The number of amides is 1. The molecule has 5 N–H and O–H groups in total. The predicted octanol–water partition coefficient (Wildman–Crippen LogP) is -0.435. The topological polar surface area (TPSA) is 102 Å². The smallest absolute Gasteiger partial charge is 0.250 e. The Morgan fingerprint density at radius 3 is 3.00 bits per heavy atom. The summed E-state index contributed by atoms with van der Waals surface area (Å²) < 4.78 is 5.37. The minimum Gasteiger partial charge on any atom is -0.398 e. The van der Waals surface area contributed by atoms with Crippen LogP contribution in [0.3, 0.4) is 0 Å². The number of hydrogen-bond acceptors (Lipinski definition) is 5. The molecule has 2 rings (SSSR count). The number of morpholine rings is 1. The van der Waals surface area contributed by atoms with E-state index in [9.17, 15) is 4.79 Å². The van der Waals surface area contributed by atoms with Gasteiger partial charge in [-0.3, -0.25) is 4.79 Å². The number of nitrogen functional groups attached to an aromatic ring is 1. The summed E-state index contributed by atoms with van der Waals surface area (Å²) in [5.74, 6) is -0.540. The first kappa shape index (κ1) is 12.7. The van der Waals surface area contributed by atoms with E-state index in [1.54, 1.807) is 12.1 Å². The molecule has 1 fully saturated rings. The highest BCUT2D eigenvalue weighted by atomic mass is 16.5. The number of primary amides is 1. The third-order valence-corrected chi connectivity index (χ3v) is 3.01. The van der Waals surface area contributed by atoms with E-state index >= 15 is 0 Å². The largest absolute Gasteiger partial charge is 0.398 e. The van der Waals surface area contributed by atoms with Gasteiger partial charge in [0, 0.05) is 24.5 Å². The average molecular weight is 251 g/mol. The lowest BCUT2D eigenvalue weighted by molar-refractivity contribution is 0.00357. The van der Waals surface area contributed by atoms with E-state index in [2.05, 4.69) is 0 Å². The molecular weight excluding hydrogens is 234 g/mol. The fourth-order valence-electron chi connectivity index (χ4n) is 2.02. The number of nitrogens with zero attached hydrogens (tertiary/aromatic N) is 1. The van der Waals surface area contributed by atoms with Crippen LogP contribution in [0.4, 0.5) is 11.4 Å². The van der Waals surface area contributed by atoms with E-state index in [-0.39, 0.29) is 12.7 Å². The Hall–Kier alpha value is -1.79. The minimum atomic E-state index is -0.540. The molecule has 1 atom stereocenters. The molecule has 1 aliphatic heterocycles. The predicted molar refractivity (Wildman–Crippen MR) is 68.4 cm³/mol. The van der Waals surface area contributed by atoms with Crippen molar-refractivity contribution in [1.82, 2.24) is 0 Å². The summed E-state index contributed by atoms with van der Waals surface area (Å²) in [6.07, 6.45) is -0.201. The SMILES string of the molecule is NC(=O)c1cc(N2CCOC(CO)C2)ccc1N. The van der Waals surface area contributed by atoms with Crippen LogP contribution in [0.5, 0.6) is 0 Å². The molecule has 1 saturated heterocycles. The van der Waals surface area contributed by atoms with Crippen molar-refractivity contribution in [2.45, 2.75) is 6.10 Å². The molecule has 0 aliphatic carbocycles. The van der Waals surface area contributed by atoms with E-state index in [1.807, 2.05) is 11.0 Å². The summed E-state index contributed by atoms with van der Waals surface area (Å²) in [5, 5.41) is 9.10. The van der Waals surface area contributed by atoms with Gasteiger partial charge in [0.2, 0.25) is 0 Å². The summed E-state index contributed by atoms with van der Waals surface area (Å²) in [5.41, 5.74) is 12.5. The van der Waals surface area contributed by atoms with Gasteiger partial charge in [0.1, 0.15) is 0 Å². The zero-order valence-corrected chi connectivity index (χ0v) is 10.0. The number of hydrogen-bond donors (Lipinski definition) is 3. The van der Waals surface area contributed by atoms with Gasteiger partial charge in [-0.15, -0.1) is 0 Å². The fourth-order valence-corrected chi connectivity index (χ4v) is 2.02. The van der Waals surface area contributed by atoms with Gasteiger partial charge in [0.25, 0.3) is 5.91 Å². The van der Waals surface area contributed by atoms with Crippen molar-refractivity contribution in [3.05, 3.63) is 23.8 Å². The Morgan fingerprint density at radius 1 is 1.56 bits per heavy atom. The number of rotatable bonds is 3. The van der Waals surface area contributed by atoms with E-state index in [0.717, 1.165) is 5.69 Å². The van der Waals surface area contributed by atoms with Crippen LogP contribution in [0.25, 0.3) is 0 Å². The molecule has 6 nitrogen and oxygen atoms in total. The summed E-state index contributed by atoms with van der Waals surface area (Å²) in [6.45, 7) is 1.81. The van der Waals surface area contributed by atoms with Crippen molar-refractivity contribution in [2.75, 3.05) is 36.9 Å². The van der Waals surface area contributed by atoms with Crippen LogP contribution < -0.4 is 16.4 Å². The number of aliphatic hydroxyl groups is 1. The quantitative estimate of drug-likeness (QED) is 0.632. The maximum absolute atomic E-state index is 11.2. The first-order valence-electron chi connectivity index (χ1n) is 5.78. The molecule has 1 unspecified atom stereocenters. The molecule has 98 valence electrons. The molecule has 1 amide bonds. The van der Waals surface area contributed by atoms with Crippen LogP contribution in [0, 0.1) is 0 Å². The number of nitrogens with two attached hydrogens (primary N) is 2. The molecule has 1 heterocycles. The van der Waals surface area contributed by atoms with Crippen LogP contribution in [0.2, 0.25) is 0 Å². The Labute approximate surface area is 105 Å². The Kier molecular flexibility index (Phi) is 3.69. The second-order valence-electron chi connectivity index (χ2n) is 4.26. The van der Waals surface area contributed by atoms with E-state index in [0.29, 0.717) is 30.9 Å². The third kappa shape index (κ3) is 2.55. The first-order valence-corrected chi connectivity index (χ1v) is 5.78. The summed E-state index contributed by atoms with van der Waals surface area (Å²) in [7, 11) is 0. The molecule has 0 spiro atoms. The number of ether oxygens (including phenoxy) is 1. The molecule has 18 heavy (non-hydrogen) atoms. The summed E-state index contributed by atoms with van der Waals surface area (Å²) >= 11 is 0. The Morgan fingerprint density at radius 2 is 2.33 bits per heavy atom. The number of anilines is 2. The molecule has 1 aliphatic rings. The lowest BCUT2D eigenvalue weighted by Gasteiger charge is -2.34. The van der Waals surface area contributed by atoms with Crippen LogP contribution >= 0.6 is 0 Å². The van der Waals surface area contributed by atoms with Crippen LogP contribution in [-0.2, 0) is 4.74 Å². The second-order valence-corrected chi connectivity index (χ2v) is 4.26. The molecule has 0 bridgehead atoms. The van der Waals surface area contributed by atoms with Crippen molar-refractivity contribution < 1.29 is 14.6 Å². The Balaban J connectivity index is 2.22. The highest BCUT2D eigenvalue weighted by molar-refractivity contribution is 5.99. The van der Waals surface area contributed by atoms with Crippen molar-refractivity contribution in [1.29, 1.82) is 0 Å². The normalized spacial score (nSPS) is 19.8. The van der Waals surface area contributed by atoms with Crippen molar-refractivity contribution in [3.63, 3.8) is 0 Å². The Bertz CT molecular complexity index is 450. The molecule has 0 radical (unpaired) electrons. The number of carbonyl (C=O) groups excluding carboxylic acids is 1. The summed E-state index contributed by atoms with van der Waals surface area (Å²) in [6, 6.07) is 5.18. The minimum absolute atomic E-state index is 0.0197. The van der Waals surface area contributed by atoms with Gasteiger partial charge in [-0.05, 0) is 18.2 Å². The van der Waals surface area contributed by atoms with Gasteiger partial charge < -0.3 is 26.2 Å². The standard InChI is InChI=1S/C12H17N3O3/c13-11-2-1-8(5-10(11)12(14)17)15-3-4-18-9(6-15)7-16/h1-2,5,9,16H,3-4,6-7,13H2,(H2,14,17). The van der Waals surface area contributed by atoms with E-state index in [1.165, 1.54) is 0 Å².